The molecular weight excluding hydrogens is 600 g/mol. The van der Waals surface area contributed by atoms with Crippen LogP contribution in [0.4, 0.5) is 0 Å². The third-order valence-corrected chi connectivity index (χ3v) is 7.58. The van der Waals surface area contributed by atoms with Gasteiger partial charge in [0.1, 0.15) is 79.0 Å². The Morgan fingerprint density at radius 3 is 1.73 bits per heavy atom. The molecule has 3 saturated heterocycles. The van der Waals surface area contributed by atoms with Gasteiger partial charge in [-0.1, -0.05) is 0 Å². The maximum Gasteiger partial charge on any atom is 0.337 e. The van der Waals surface area contributed by atoms with Crippen LogP contribution in [0.25, 0.3) is 0 Å². The summed E-state index contributed by atoms with van der Waals surface area (Å²) >= 11 is 0. The lowest BCUT2D eigenvalue weighted by Gasteiger charge is -2.46. The number of methoxy groups -OCH3 is 1. The predicted octanol–water partition coefficient (Wildman–Crippen LogP) is -5.70. The monoisotopic (exact) mass is 638 g/mol. The number of hydrogen-bond donors (Lipinski definition) is 10. The molecule has 0 radical (unpaired) electrons. The molecule has 4 rings (SSSR count). The molecule has 1 aromatic carbocycles. The number of carbonyl (C=O) groups excluding carboxylic acids is 1. The summed E-state index contributed by atoms with van der Waals surface area (Å²) in [6.45, 7) is -2.11. The fourth-order valence-electron chi connectivity index (χ4n) is 4.95. The van der Waals surface area contributed by atoms with Crippen LogP contribution in [0.15, 0.2) is 24.3 Å². The molecule has 250 valence electrons. The van der Waals surface area contributed by atoms with E-state index in [4.69, 9.17) is 28.4 Å². The second-order valence-corrected chi connectivity index (χ2v) is 10.5. The number of aliphatic hydroxyl groups excluding tert-OH is 10. The Labute approximate surface area is 250 Å². The molecule has 0 aromatic heterocycles. The van der Waals surface area contributed by atoms with Gasteiger partial charge in [-0.2, -0.15) is 0 Å². The summed E-state index contributed by atoms with van der Waals surface area (Å²) in [7, 11) is 1.20. The van der Waals surface area contributed by atoms with Crippen molar-refractivity contribution in [1.82, 2.24) is 0 Å². The minimum absolute atomic E-state index is 0.0817. The Balaban J connectivity index is 1.54. The molecule has 10 N–H and O–H groups in total. The van der Waals surface area contributed by atoms with Gasteiger partial charge in [0.2, 0.25) is 6.29 Å². The van der Waals surface area contributed by atoms with E-state index < -0.39 is 118 Å². The van der Waals surface area contributed by atoms with Crippen LogP contribution in [0.1, 0.15) is 10.4 Å². The van der Waals surface area contributed by atoms with E-state index in [0.29, 0.717) is 0 Å². The molecule has 0 aliphatic carbocycles. The van der Waals surface area contributed by atoms with E-state index in [1.807, 2.05) is 0 Å². The minimum Gasteiger partial charge on any atom is -0.465 e. The zero-order valence-corrected chi connectivity index (χ0v) is 23.3. The SMILES string of the molecule is COC(=O)c1ccc(O[C@H]2O[C@H](CO[C@H]3O[C@H](CO)[C@@H](O)[C@H](O)[C@@H]3O)[C@@H](O)[C@H](O[C@H]3O[C@H](CO)[C@@H](O)[C@H](O)[C@@H]3O)[C@@H]2O)cc1. The number of benzene rings is 1. The zero-order valence-electron chi connectivity index (χ0n) is 23.3. The quantitative estimate of drug-likeness (QED) is 0.107. The molecule has 18 heteroatoms. The van der Waals surface area contributed by atoms with Gasteiger partial charge < -0.3 is 84.2 Å². The highest BCUT2D eigenvalue weighted by Crippen LogP contribution is 2.31. The molecule has 1 aromatic rings. The lowest BCUT2D eigenvalue weighted by atomic mass is 9.96. The highest BCUT2D eigenvalue weighted by Gasteiger charge is 2.52. The minimum atomic E-state index is -1.89. The summed E-state index contributed by atoms with van der Waals surface area (Å²) in [4.78, 5) is 11.8. The van der Waals surface area contributed by atoms with Crippen LogP contribution < -0.4 is 4.74 Å². The van der Waals surface area contributed by atoms with Crippen LogP contribution in [0.3, 0.4) is 0 Å². The van der Waals surface area contributed by atoms with Gasteiger partial charge in [0.15, 0.2) is 12.6 Å². The number of aliphatic hydroxyl groups is 10. The predicted molar refractivity (Wildman–Crippen MR) is 137 cm³/mol. The van der Waals surface area contributed by atoms with Gasteiger partial charge in [-0.05, 0) is 24.3 Å². The molecule has 0 unspecified atom stereocenters. The van der Waals surface area contributed by atoms with Gasteiger partial charge >= 0.3 is 5.97 Å². The third kappa shape index (κ3) is 7.30. The van der Waals surface area contributed by atoms with Gasteiger partial charge in [0.25, 0.3) is 0 Å². The van der Waals surface area contributed by atoms with Crippen LogP contribution in [0, 0.1) is 0 Å². The van der Waals surface area contributed by atoms with Crippen molar-refractivity contribution in [2.45, 2.75) is 92.1 Å². The summed E-state index contributed by atoms with van der Waals surface area (Å²) < 4.78 is 37.9. The van der Waals surface area contributed by atoms with E-state index in [0.717, 1.165) is 0 Å². The first-order valence-electron chi connectivity index (χ1n) is 13.7. The van der Waals surface area contributed by atoms with Crippen molar-refractivity contribution >= 4 is 5.97 Å². The summed E-state index contributed by atoms with van der Waals surface area (Å²) in [5, 5.41) is 102. The maximum absolute atomic E-state index is 11.8. The highest BCUT2D eigenvalue weighted by molar-refractivity contribution is 5.89. The maximum atomic E-state index is 11.8. The standard InChI is InChI=1S/C26H38O18/c1-38-23(37)9-2-4-10(5-3-9)40-26-21(36)22(44-25-20(35)18(33)15(30)12(7-28)42-25)16(31)13(43-26)8-39-24-19(34)17(32)14(29)11(6-27)41-24/h2-5,11-22,24-36H,6-8H2,1H3/t11-,12-,13-,14-,15-,16-,17+,18+,19+,20+,21+,22+,24+,25-,26+/m1/s1. The average molecular weight is 639 g/mol. The van der Waals surface area contributed by atoms with Crippen molar-refractivity contribution in [1.29, 1.82) is 0 Å². The first-order valence-corrected chi connectivity index (χ1v) is 13.7. The Morgan fingerprint density at radius 2 is 1.18 bits per heavy atom. The Morgan fingerprint density at radius 1 is 0.659 bits per heavy atom. The molecule has 0 bridgehead atoms. The molecule has 44 heavy (non-hydrogen) atoms. The zero-order chi connectivity index (χ0) is 32.3. The molecule has 0 saturated carbocycles. The number of ether oxygens (including phenoxy) is 7. The van der Waals surface area contributed by atoms with Gasteiger partial charge in [-0.25, -0.2) is 4.79 Å². The van der Waals surface area contributed by atoms with E-state index >= 15 is 0 Å². The molecule has 3 heterocycles. The molecule has 3 aliphatic rings. The summed E-state index contributed by atoms with van der Waals surface area (Å²) in [5.74, 6) is -0.537. The first-order chi connectivity index (χ1) is 20.9. The summed E-state index contributed by atoms with van der Waals surface area (Å²) in [6, 6.07) is 5.46. The van der Waals surface area contributed by atoms with E-state index in [-0.39, 0.29) is 11.3 Å². The lowest BCUT2D eigenvalue weighted by molar-refractivity contribution is -0.358. The van der Waals surface area contributed by atoms with Crippen LogP contribution >= 0.6 is 0 Å². The fraction of sp³-hybridized carbons (Fsp3) is 0.731. The number of esters is 1. The van der Waals surface area contributed by atoms with Gasteiger partial charge in [-0.15, -0.1) is 0 Å². The lowest BCUT2D eigenvalue weighted by Crippen LogP contribution is -2.65. The van der Waals surface area contributed by atoms with Crippen LogP contribution in [-0.4, -0.2) is 176 Å². The topological polar surface area (TPSA) is 284 Å². The Kier molecular flexibility index (Phi) is 11.8. The fourth-order valence-corrected chi connectivity index (χ4v) is 4.95. The van der Waals surface area contributed by atoms with Gasteiger partial charge in [0.05, 0.1) is 32.5 Å². The normalized spacial score (nSPS) is 42.9. The third-order valence-electron chi connectivity index (χ3n) is 7.58. The molecular formula is C26H38O18. The van der Waals surface area contributed by atoms with Crippen molar-refractivity contribution in [2.75, 3.05) is 26.9 Å². The second kappa shape index (κ2) is 15.0. The largest absolute Gasteiger partial charge is 0.465 e. The van der Waals surface area contributed by atoms with Crippen molar-refractivity contribution in [2.24, 2.45) is 0 Å². The Bertz CT molecular complexity index is 1060. The first kappa shape index (κ1) is 34.8. The number of rotatable bonds is 10. The molecule has 0 spiro atoms. The van der Waals surface area contributed by atoms with Crippen LogP contribution in [-0.2, 0) is 28.4 Å². The number of carbonyl (C=O) groups is 1. The average Bonchev–Trinajstić information content (AvgIpc) is 3.03. The van der Waals surface area contributed by atoms with Crippen molar-refractivity contribution in [3.8, 4) is 5.75 Å². The summed E-state index contributed by atoms with van der Waals surface area (Å²) in [5.41, 5.74) is 0.190. The van der Waals surface area contributed by atoms with Crippen LogP contribution in [0.5, 0.6) is 5.75 Å². The molecule has 0 amide bonds. The van der Waals surface area contributed by atoms with E-state index in [9.17, 15) is 55.9 Å². The second-order valence-electron chi connectivity index (χ2n) is 10.5. The molecule has 18 nitrogen and oxygen atoms in total. The molecule has 3 fully saturated rings. The Hall–Kier alpha value is -2.11. The van der Waals surface area contributed by atoms with E-state index in [1.54, 1.807) is 0 Å². The van der Waals surface area contributed by atoms with Gasteiger partial charge in [0, 0.05) is 0 Å². The van der Waals surface area contributed by atoms with Crippen molar-refractivity contribution < 1.29 is 89.0 Å². The van der Waals surface area contributed by atoms with E-state index in [2.05, 4.69) is 4.74 Å². The molecule has 15 atom stereocenters. The smallest absolute Gasteiger partial charge is 0.337 e. The van der Waals surface area contributed by atoms with Crippen molar-refractivity contribution in [3.05, 3.63) is 29.8 Å². The molecule has 3 aliphatic heterocycles. The highest BCUT2D eigenvalue weighted by atomic mass is 16.7. The number of hydrogen-bond acceptors (Lipinski definition) is 18. The summed E-state index contributed by atoms with van der Waals surface area (Å²) in [6.07, 6.45) is -25.0. The van der Waals surface area contributed by atoms with E-state index in [1.165, 1.54) is 31.4 Å². The van der Waals surface area contributed by atoms with Crippen LogP contribution in [0.2, 0.25) is 0 Å². The van der Waals surface area contributed by atoms with Crippen molar-refractivity contribution in [3.63, 3.8) is 0 Å². The van der Waals surface area contributed by atoms with Gasteiger partial charge in [-0.3, -0.25) is 0 Å².